The molecule has 2 heterocycles. The summed E-state index contributed by atoms with van der Waals surface area (Å²) in [5.74, 6) is -0.150. The van der Waals surface area contributed by atoms with Crippen molar-refractivity contribution in [1.29, 1.82) is 0 Å². The molecule has 0 aliphatic heterocycles. The molecular weight excluding hydrogens is 519 g/mol. The highest BCUT2D eigenvalue weighted by atomic mass is 35.5. The molecule has 1 aliphatic carbocycles. The number of rotatable bonds is 9. The summed E-state index contributed by atoms with van der Waals surface area (Å²) in [5.41, 5.74) is 1.24. The second kappa shape index (κ2) is 10.6. The van der Waals surface area contributed by atoms with Crippen molar-refractivity contribution in [2.45, 2.75) is 37.6 Å². The van der Waals surface area contributed by atoms with Gasteiger partial charge in [0.15, 0.2) is 0 Å². The number of hydrogen-bond donors (Lipinski definition) is 3. The third kappa shape index (κ3) is 6.15. The van der Waals surface area contributed by atoms with Crippen LogP contribution in [0.2, 0.25) is 10.0 Å². The van der Waals surface area contributed by atoms with Crippen LogP contribution in [0.3, 0.4) is 0 Å². The van der Waals surface area contributed by atoms with Crippen molar-refractivity contribution in [2.75, 3.05) is 12.4 Å². The van der Waals surface area contributed by atoms with Crippen molar-refractivity contribution in [2.24, 2.45) is 0 Å². The molecule has 14 heteroatoms. The molecule has 4 rings (SSSR count). The zero-order valence-electron chi connectivity index (χ0n) is 18.4. The Kier molecular flexibility index (Phi) is 7.69. The lowest BCUT2D eigenvalue weighted by molar-refractivity contribution is 0.0636. The number of nitrogens with one attached hydrogen (secondary N) is 2. The fourth-order valence-electron chi connectivity index (χ4n) is 3.75. The van der Waals surface area contributed by atoms with E-state index in [2.05, 4.69) is 20.4 Å². The molecule has 3 N–H and O–H groups in total. The van der Waals surface area contributed by atoms with Gasteiger partial charge in [0.25, 0.3) is 0 Å². The van der Waals surface area contributed by atoms with Crippen molar-refractivity contribution in [1.82, 2.24) is 24.5 Å². The monoisotopic (exact) mass is 540 g/mol. The maximum absolute atomic E-state index is 13.2. The van der Waals surface area contributed by atoms with E-state index in [1.165, 1.54) is 19.6 Å². The summed E-state index contributed by atoms with van der Waals surface area (Å²) in [6.45, 7) is 0.386. The van der Waals surface area contributed by atoms with E-state index in [0.29, 0.717) is 16.6 Å². The van der Waals surface area contributed by atoms with Gasteiger partial charge in [-0.3, -0.25) is 13.7 Å². The van der Waals surface area contributed by atoms with Crippen molar-refractivity contribution in [3.63, 3.8) is 0 Å². The molecule has 2 aromatic heterocycles. The van der Waals surface area contributed by atoms with E-state index in [9.17, 15) is 18.3 Å². The predicted molar refractivity (Wildman–Crippen MR) is 129 cm³/mol. The Balaban J connectivity index is 1.46. The van der Waals surface area contributed by atoms with Gasteiger partial charge in [0.05, 0.1) is 28.3 Å². The van der Waals surface area contributed by atoms with E-state index in [1.54, 1.807) is 29.1 Å². The standard InChI is InChI=1S/C21H22Cl2N6O5S/c1-24-35(32,33)34-19-8-13(7-18(19)30)27-21-14(9-25-11-26-21)20(31)17-4-5-29(28-17)10-12-2-3-15(22)16(23)6-12/h2-6,9,11,13,18-19,24,30H,7-8,10H2,1H3,(H,25,26,27)/t13-,18+,19-/m1/s1. The lowest BCUT2D eigenvalue weighted by atomic mass is 10.1. The minimum Gasteiger partial charge on any atom is -0.390 e. The third-order valence-electron chi connectivity index (χ3n) is 5.47. The first kappa shape index (κ1) is 25.5. The number of nitrogens with zero attached hydrogens (tertiary/aromatic N) is 4. The first-order valence-electron chi connectivity index (χ1n) is 10.5. The Bertz CT molecular complexity index is 1340. The van der Waals surface area contributed by atoms with Gasteiger partial charge in [-0.05, 0) is 36.6 Å². The number of aromatic nitrogens is 4. The number of anilines is 1. The first-order chi connectivity index (χ1) is 16.6. The maximum Gasteiger partial charge on any atom is 0.335 e. The molecule has 3 atom stereocenters. The van der Waals surface area contributed by atoms with Gasteiger partial charge in [0, 0.05) is 25.5 Å². The minimum atomic E-state index is -3.96. The van der Waals surface area contributed by atoms with E-state index in [-0.39, 0.29) is 36.0 Å². The van der Waals surface area contributed by atoms with Crippen molar-refractivity contribution < 1.29 is 22.5 Å². The van der Waals surface area contributed by atoms with Crippen LogP contribution in [0.1, 0.15) is 34.5 Å². The second-order valence-corrected chi connectivity index (χ2v) is 10.3. The molecule has 1 aromatic carbocycles. The van der Waals surface area contributed by atoms with Gasteiger partial charge in [0.2, 0.25) is 5.78 Å². The summed E-state index contributed by atoms with van der Waals surface area (Å²) in [4.78, 5) is 21.3. The fourth-order valence-corrected chi connectivity index (χ4v) is 4.70. The highest BCUT2D eigenvalue weighted by molar-refractivity contribution is 7.84. The lowest BCUT2D eigenvalue weighted by Gasteiger charge is -2.15. The quantitative estimate of drug-likeness (QED) is 0.346. The molecular formula is C21H22Cl2N6O5S. The largest absolute Gasteiger partial charge is 0.390 e. The zero-order valence-corrected chi connectivity index (χ0v) is 20.8. The normalized spacial score (nSPS) is 20.2. The van der Waals surface area contributed by atoms with Crippen LogP contribution in [0, 0.1) is 0 Å². The number of hydrogen-bond acceptors (Lipinski definition) is 9. The van der Waals surface area contributed by atoms with Gasteiger partial charge in [0.1, 0.15) is 23.9 Å². The number of ketones is 1. The van der Waals surface area contributed by atoms with E-state index < -0.39 is 28.3 Å². The molecule has 11 nitrogen and oxygen atoms in total. The van der Waals surface area contributed by atoms with Crippen LogP contribution in [-0.2, 0) is 21.0 Å². The van der Waals surface area contributed by atoms with Crippen LogP contribution in [-0.4, -0.2) is 64.4 Å². The Morgan fingerprint density at radius 3 is 2.80 bits per heavy atom. The summed E-state index contributed by atoms with van der Waals surface area (Å²) < 4.78 is 32.0. The van der Waals surface area contributed by atoms with Crippen LogP contribution in [0.5, 0.6) is 0 Å². The lowest BCUT2D eigenvalue weighted by Crippen LogP contribution is -2.31. The highest BCUT2D eigenvalue weighted by Crippen LogP contribution is 2.28. The highest BCUT2D eigenvalue weighted by Gasteiger charge is 2.37. The topological polar surface area (TPSA) is 148 Å². The fraction of sp³-hybridized carbons (Fsp3) is 0.333. The molecule has 0 saturated heterocycles. The van der Waals surface area contributed by atoms with E-state index in [1.807, 2.05) is 10.8 Å². The van der Waals surface area contributed by atoms with Crippen molar-refractivity contribution >= 4 is 45.1 Å². The number of carbonyl (C=O) groups is 1. The van der Waals surface area contributed by atoms with Crippen LogP contribution >= 0.6 is 23.2 Å². The van der Waals surface area contributed by atoms with Gasteiger partial charge in [-0.15, -0.1) is 0 Å². The predicted octanol–water partition coefficient (Wildman–Crippen LogP) is 2.04. The van der Waals surface area contributed by atoms with Gasteiger partial charge < -0.3 is 10.4 Å². The van der Waals surface area contributed by atoms with Crippen LogP contribution in [0.4, 0.5) is 5.82 Å². The Morgan fingerprint density at radius 2 is 2.06 bits per heavy atom. The molecule has 35 heavy (non-hydrogen) atoms. The summed E-state index contributed by atoms with van der Waals surface area (Å²) in [7, 11) is -2.74. The summed E-state index contributed by atoms with van der Waals surface area (Å²) in [6, 6.07) is 6.45. The Labute approximate surface area is 211 Å². The average Bonchev–Trinajstić information content (AvgIpc) is 3.42. The van der Waals surface area contributed by atoms with Gasteiger partial charge in [-0.1, -0.05) is 29.3 Å². The molecule has 1 saturated carbocycles. The molecule has 0 amide bonds. The third-order valence-corrected chi connectivity index (χ3v) is 7.21. The smallest absolute Gasteiger partial charge is 0.335 e. The van der Waals surface area contributed by atoms with Gasteiger partial charge in [-0.25, -0.2) is 9.97 Å². The number of aliphatic hydroxyl groups excluding tert-OH is 1. The second-order valence-electron chi connectivity index (χ2n) is 7.93. The molecule has 0 bridgehead atoms. The number of halogens is 2. The van der Waals surface area contributed by atoms with Crippen LogP contribution in [0.25, 0.3) is 0 Å². The number of aliphatic hydroxyl groups is 1. The SMILES string of the molecule is CNS(=O)(=O)O[C@@H]1C[C@H](Nc2ncncc2C(=O)c2ccn(Cc3ccc(Cl)c(Cl)c3)n2)C[C@@H]1O. The van der Waals surface area contributed by atoms with Crippen molar-refractivity contribution in [3.8, 4) is 0 Å². The average molecular weight is 541 g/mol. The summed E-state index contributed by atoms with van der Waals surface area (Å²) in [6.07, 6.45) is 2.80. The Hall–Kier alpha value is -2.61. The number of benzene rings is 1. The van der Waals surface area contributed by atoms with Crippen LogP contribution < -0.4 is 10.0 Å². The van der Waals surface area contributed by atoms with Crippen molar-refractivity contribution in [3.05, 3.63) is 69.9 Å². The summed E-state index contributed by atoms with van der Waals surface area (Å²) in [5, 5.41) is 18.6. The summed E-state index contributed by atoms with van der Waals surface area (Å²) >= 11 is 12.0. The van der Waals surface area contributed by atoms with Crippen LogP contribution in [0.15, 0.2) is 43.0 Å². The minimum absolute atomic E-state index is 0.189. The molecule has 1 aliphatic rings. The molecule has 0 spiro atoms. The zero-order chi connectivity index (χ0) is 25.2. The van der Waals surface area contributed by atoms with E-state index >= 15 is 0 Å². The van der Waals surface area contributed by atoms with E-state index in [0.717, 1.165) is 5.56 Å². The van der Waals surface area contributed by atoms with E-state index in [4.69, 9.17) is 27.4 Å². The molecule has 186 valence electrons. The van der Waals surface area contributed by atoms with Gasteiger partial charge in [-0.2, -0.15) is 18.2 Å². The molecule has 0 radical (unpaired) electrons. The molecule has 0 unspecified atom stereocenters. The molecule has 1 fully saturated rings. The first-order valence-corrected chi connectivity index (χ1v) is 12.7. The number of carbonyl (C=O) groups excluding carboxylic acids is 1. The Morgan fingerprint density at radius 1 is 1.26 bits per heavy atom. The maximum atomic E-state index is 13.2. The molecule has 3 aromatic rings. The van der Waals surface area contributed by atoms with Gasteiger partial charge >= 0.3 is 10.3 Å².